The molecule has 0 saturated carbocycles. The second-order valence-corrected chi connectivity index (χ2v) is 5.01. The highest BCUT2D eigenvalue weighted by Crippen LogP contribution is 2.37. The molecule has 1 heterocycles. The fourth-order valence-corrected chi connectivity index (χ4v) is 2.52. The number of ether oxygens (including phenoxy) is 1. The number of benzene rings is 1. The van der Waals surface area contributed by atoms with E-state index in [9.17, 15) is 8.78 Å². The molecule has 0 radical (unpaired) electrons. The van der Waals surface area contributed by atoms with Crippen molar-refractivity contribution in [3.8, 4) is 5.75 Å². The number of hydrogen-bond donors (Lipinski definition) is 1. The minimum absolute atomic E-state index is 0.0218. The molecule has 0 amide bonds. The summed E-state index contributed by atoms with van der Waals surface area (Å²) in [6, 6.07) is 2.94. The first-order valence-electron chi connectivity index (χ1n) is 5.11. The fourth-order valence-electron chi connectivity index (χ4n) is 1.38. The molecule has 0 unspecified atom stereocenters. The molecule has 19 heavy (non-hydrogen) atoms. The zero-order chi connectivity index (χ0) is 13.8. The van der Waals surface area contributed by atoms with Crippen LogP contribution in [0.3, 0.4) is 0 Å². The van der Waals surface area contributed by atoms with Gasteiger partial charge >= 0.3 is 6.61 Å². The number of anilines is 1. The molecule has 0 aliphatic heterocycles. The molecule has 0 saturated heterocycles. The topological polar surface area (TPSA) is 34.1 Å². The Hall–Kier alpha value is -1.11. The zero-order valence-electron chi connectivity index (χ0n) is 9.37. The van der Waals surface area contributed by atoms with Gasteiger partial charge in [0, 0.05) is 11.1 Å². The summed E-state index contributed by atoms with van der Waals surface area (Å²) in [6.45, 7) is -2.48. The number of nitrogens with one attached hydrogen (secondary N) is 1. The summed E-state index contributed by atoms with van der Waals surface area (Å²) in [6.07, 6.45) is 0. The van der Waals surface area contributed by atoms with Crippen LogP contribution in [0, 0.1) is 0 Å². The number of hydrogen-bond acceptors (Lipinski definition) is 4. The maximum absolute atomic E-state index is 12.2. The molecule has 2 rings (SSSR count). The number of thiazole rings is 1. The van der Waals surface area contributed by atoms with E-state index in [-0.39, 0.29) is 15.8 Å². The summed E-state index contributed by atoms with van der Waals surface area (Å²) in [5.74, 6) is -0.224. The van der Waals surface area contributed by atoms with Crippen LogP contribution in [0.15, 0.2) is 23.0 Å². The SMILES string of the molecule is FC(F)Oc1c(Cl)cc(NCc2cscn2)cc1Cl. The van der Waals surface area contributed by atoms with Crippen molar-refractivity contribution < 1.29 is 13.5 Å². The van der Waals surface area contributed by atoms with Gasteiger partial charge in [0.1, 0.15) is 0 Å². The normalized spacial score (nSPS) is 10.8. The van der Waals surface area contributed by atoms with E-state index in [1.54, 1.807) is 5.51 Å². The number of aromatic nitrogens is 1. The summed E-state index contributed by atoms with van der Waals surface area (Å²) < 4.78 is 28.6. The second kappa shape index (κ2) is 6.36. The first-order chi connectivity index (χ1) is 9.06. The lowest BCUT2D eigenvalue weighted by atomic mass is 10.3. The van der Waals surface area contributed by atoms with Crippen molar-refractivity contribution in [1.29, 1.82) is 0 Å². The van der Waals surface area contributed by atoms with Crippen molar-refractivity contribution in [2.24, 2.45) is 0 Å². The van der Waals surface area contributed by atoms with E-state index in [0.29, 0.717) is 12.2 Å². The van der Waals surface area contributed by atoms with Gasteiger partial charge in [-0.05, 0) is 12.1 Å². The lowest BCUT2D eigenvalue weighted by molar-refractivity contribution is -0.0497. The molecule has 0 aliphatic carbocycles. The Bertz CT molecular complexity index is 529. The van der Waals surface area contributed by atoms with E-state index in [2.05, 4.69) is 15.0 Å². The van der Waals surface area contributed by atoms with Crippen LogP contribution >= 0.6 is 34.5 Å². The Morgan fingerprint density at radius 3 is 2.53 bits per heavy atom. The van der Waals surface area contributed by atoms with E-state index >= 15 is 0 Å². The third kappa shape index (κ3) is 3.92. The van der Waals surface area contributed by atoms with Crippen molar-refractivity contribution in [2.45, 2.75) is 13.2 Å². The first-order valence-corrected chi connectivity index (χ1v) is 6.81. The predicted molar refractivity (Wildman–Crippen MR) is 72.5 cm³/mol. The molecule has 1 aromatic carbocycles. The summed E-state index contributed by atoms with van der Waals surface area (Å²) >= 11 is 13.2. The van der Waals surface area contributed by atoms with Gasteiger partial charge in [0.15, 0.2) is 5.75 Å². The van der Waals surface area contributed by atoms with Crippen LogP contribution in [0.4, 0.5) is 14.5 Å². The van der Waals surface area contributed by atoms with Gasteiger partial charge in [0.05, 0.1) is 27.8 Å². The molecule has 0 aliphatic rings. The van der Waals surface area contributed by atoms with Crippen LogP contribution in [-0.4, -0.2) is 11.6 Å². The third-order valence-electron chi connectivity index (χ3n) is 2.16. The standard InChI is InChI=1S/C11H8Cl2F2N2OS/c12-8-1-6(16-3-7-4-19-5-17-7)2-9(13)10(8)18-11(14)15/h1-2,4-5,11,16H,3H2. The number of alkyl halides is 2. The van der Waals surface area contributed by atoms with Crippen LogP contribution in [-0.2, 0) is 6.54 Å². The highest BCUT2D eigenvalue weighted by molar-refractivity contribution is 7.07. The van der Waals surface area contributed by atoms with E-state index < -0.39 is 6.61 Å². The van der Waals surface area contributed by atoms with Gasteiger partial charge in [0.25, 0.3) is 0 Å². The molecule has 2 aromatic rings. The van der Waals surface area contributed by atoms with Gasteiger partial charge < -0.3 is 10.1 Å². The monoisotopic (exact) mass is 324 g/mol. The molecule has 0 bridgehead atoms. The van der Waals surface area contributed by atoms with E-state index in [4.69, 9.17) is 23.2 Å². The van der Waals surface area contributed by atoms with Crippen molar-refractivity contribution in [3.63, 3.8) is 0 Å². The summed E-state index contributed by atoms with van der Waals surface area (Å²) in [5, 5.41) is 4.98. The molecule has 102 valence electrons. The van der Waals surface area contributed by atoms with Crippen LogP contribution in [0.5, 0.6) is 5.75 Å². The minimum Gasteiger partial charge on any atom is -0.432 e. The van der Waals surface area contributed by atoms with E-state index in [0.717, 1.165) is 5.69 Å². The van der Waals surface area contributed by atoms with Gasteiger partial charge in [-0.25, -0.2) is 4.98 Å². The highest BCUT2D eigenvalue weighted by Gasteiger charge is 2.14. The van der Waals surface area contributed by atoms with Gasteiger partial charge in [-0.15, -0.1) is 11.3 Å². The second-order valence-electron chi connectivity index (χ2n) is 3.48. The minimum atomic E-state index is -2.97. The van der Waals surface area contributed by atoms with Crippen molar-refractivity contribution in [3.05, 3.63) is 38.8 Å². The molecule has 1 N–H and O–H groups in total. The smallest absolute Gasteiger partial charge is 0.387 e. The molecular weight excluding hydrogens is 317 g/mol. The lowest BCUT2D eigenvalue weighted by Gasteiger charge is -2.11. The Morgan fingerprint density at radius 2 is 2.00 bits per heavy atom. The molecule has 8 heteroatoms. The van der Waals surface area contributed by atoms with Crippen LogP contribution in [0.2, 0.25) is 10.0 Å². The average Bonchev–Trinajstić information content (AvgIpc) is 2.84. The van der Waals surface area contributed by atoms with Crippen LogP contribution < -0.4 is 10.1 Å². The Kier molecular flexibility index (Phi) is 4.79. The van der Waals surface area contributed by atoms with E-state index in [1.807, 2.05) is 5.38 Å². The van der Waals surface area contributed by atoms with Crippen LogP contribution in [0.25, 0.3) is 0 Å². The lowest BCUT2D eigenvalue weighted by Crippen LogP contribution is -2.04. The highest BCUT2D eigenvalue weighted by atomic mass is 35.5. The van der Waals surface area contributed by atoms with Crippen LogP contribution in [0.1, 0.15) is 5.69 Å². The first kappa shape index (κ1) is 14.3. The van der Waals surface area contributed by atoms with E-state index in [1.165, 1.54) is 23.5 Å². The molecular formula is C11H8Cl2F2N2OS. The Morgan fingerprint density at radius 1 is 1.32 bits per heavy atom. The van der Waals surface area contributed by atoms with Gasteiger partial charge in [0.2, 0.25) is 0 Å². The summed E-state index contributed by atoms with van der Waals surface area (Å²) in [4.78, 5) is 4.10. The van der Waals surface area contributed by atoms with Gasteiger partial charge in [-0.1, -0.05) is 23.2 Å². The quantitative estimate of drug-likeness (QED) is 0.868. The zero-order valence-corrected chi connectivity index (χ0v) is 11.7. The van der Waals surface area contributed by atoms with Gasteiger partial charge in [-0.3, -0.25) is 0 Å². The molecule has 0 spiro atoms. The molecule has 1 aromatic heterocycles. The third-order valence-corrected chi connectivity index (χ3v) is 3.36. The largest absolute Gasteiger partial charge is 0.432 e. The fraction of sp³-hybridized carbons (Fsp3) is 0.182. The van der Waals surface area contributed by atoms with Gasteiger partial charge in [-0.2, -0.15) is 8.78 Å². The Labute approximate surface area is 122 Å². The molecule has 0 fully saturated rings. The molecule has 3 nitrogen and oxygen atoms in total. The van der Waals surface area contributed by atoms with Crippen molar-refractivity contribution >= 4 is 40.2 Å². The number of halogens is 4. The molecule has 0 atom stereocenters. The maximum atomic E-state index is 12.2. The number of nitrogens with zero attached hydrogens (tertiary/aromatic N) is 1. The average molecular weight is 325 g/mol. The van der Waals surface area contributed by atoms with Crippen molar-refractivity contribution in [2.75, 3.05) is 5.32 Å². The Balaban J connectivity index is 2.10. The predicted octanol–water partition coefficient (Wildman–Crippen LogP) is 4.66. The summed E-state index contributed by atoms with van der Waals surface area (Å²) in [5.41, 5.74) is 3.19. The summed E-state index contributed by atoms with van der Waals surface area (Å²) in [7, 11) is 0. The van der Waals surface area contributed by atoms with Crippen molar-refractivity contribution in [1.82, 2.24) is 4.98 Å². The number of rotatable bonds is 5. The maximum Gasteiger partial charge on any atom is 0.387 e.